The summed E-state index contributed by atoms with van der Waals surface area (Å²) in [5.41, 5.74) is 3.08. The third kappa shape index (κ3) is 6.72. The Bertz CT molecular complexity index is 1420. The van der Waals surface area contributed by atoms with Crippen molar-refractivity contribution in [2.24, 2.45) is 0 Å². The standard InChI is InChI=1S/C22H21F4N5O5.CH2F2/c1-3-9(7-10(23)4-2)18(32)20(33)29-12-6-5-11(14(25)15(12)26)16-17-19(27)28-8-13(24)31(17)21(30-16)22(34,35)36;2-1-3/h3,5-8,18,32,34-36H,4H2,1-2H3,(H2,27,28)(H,29,33);1H2/b9-3+,10-7+;. The van der Waals surface area contributed by atoms with Crippen LogP contribution in [0.15, 0.2) is 41.9 Å². The molecule has 2 heterocycles. The Morgan fingerprint density at radius 3 is 2.36 bits per heavy atom. The predicted octanol–water partition coefficient (Wildman–Crippen LogP) is 2.88. The fourth-order valence-electron chi connectivity index (χ4n) is 3.30. The molecule has 1 aromatic carbocycles. The first-order valence-corrected chi connectivity index (χ1v) is 10.8. The van der Waals surface area contributed by atoms with Crippen LogP contribution in [-0.4, -0.2) is 53.7 Å². The Morgan fingerprint density at radius 2 is 1.82 bits per heavy atom. The van der Waals surface area contributed by atoms with E-state index in [4.69, 9.17) is 5.73 Å². The number of benzene rings is 1. The molecule has 0 spiro atoms. The molecule has 16 heteroatoms. The van der Waals surface area contributed by atoms with Gasteiger partial charge in [-0.15, -0.1) is 0 Å². The minimum absolute atomic E-state index is 0.00528. The lowest BCUT2D eigenvalue weighted by atomic mass is 10.1. The lowest BCUT2D eigenvalue weighted by Crippen LogP contribution is -2.29. The smallest absolute Gasteiger partial charge is 0.339 e. The van der Waals surface area contributed by atoms with Crippen LogP contribution >= 0.6 is 0 Å². The topological polar surface area (TPSA) is 166 Å². The van der Waals surface area contributed by atoms with Crippen LogP contribution in [0.3, 0.4) is 0 Å². The summed E-state index contributed by atoms with van der Waals surface area (Å²) in [6.07, 6.45) is 0.875. The van der Waals surface area contributed by atoms with E-state index in [2.05, 4.69) is 9.97 Å². The summed E-state index contributed by atoms with van der Waals surface area (Å²) in [6, 6.07) is 1.78. The van der Waals surface area contributed by atoms with Crippen molar-refractivity contribution in [3.8, 4) is 11.3 Å². The molecule has 0 saturated carbocycles. The van der Waals surface area contributed by atoms with E-state index in [1.807, 2.05) is 5.32 Å². The van der Waals surface area contributed by atoms with Crippen LogP contribution in [0, 0.1) is 17.6 Å². The molecule has 0 fully saturated rings. The van der Waals surface area contributed by atoms with Crippen molar-refractivity contribution in [2.45, 2.75) is 32.3 Å². The molecule has 1 amide bonds. The number of anilines is 2. The highest BCUT2D eigenvalue weighted by Crippen LogP contribution is 2.35. The summed E-state index contributed by atoms with van der Waals surface area (Å²) in [5, 5.41) is 40.8. The number of aliphatic hydroxyl groups is 4. The van der Waals surface area contributed by atoms with Gasteiger partial charge in [-0.25, -0.2) is 31.9 Å². The molecule has 0 aliphatic heterocycles. The molecule has 2 aromatic heterocycles. The van der Waals surface area contributed by atoms with Gasteiger partial charge in [-0.2, -0.15) is 4.39 Å². The van der Waals surface area contributed by atoms with Gasteiger partial charge in [0, 0.05) is 5.56 Å². The van der Waals surface area contributed by atoms with Gasteiger partial charge in [-0.1, -0.05) is 13.0 Å². The normalized spacial score (nSPS) is 13.2. The van der Waals surface area contributed by atoms with Crippen LogP contribution < -0.4 is 11.1 Å². The SMILES string of the molecule is C/C=C(\C=C(\F)CC)C(O)C(=O)Nc1ccc(-c2nc(C(O)(O)O)n3c(F)cnc(N)c23)c(F)c1F.FCF. The second kappa shape index (κ2) is 12.7. The second-order valence-corrected chi connectivity index (χ2v) is 7.58. The zero-order valence-corrected chi connectivity index (χ0v) is 20.3. The van der Waals surface area contributed by atoms with Crippen molar-refractivity contribution in [2.75, 3.05) is 18.0 Å². The summed E-state index contributed by atoms with van der Waals surface area (Å²) in [5.74, 6) is -11.6. The molecule has 0 aliphatic rings. The number of alkyl halides is 2. The number of nitrogens with zero attached hydrogens (tertiary/aromatic N) is 3. The lowest BCUT2D eigenvalue weighted by Gasteiger charge is -2.14. The molecule has 3 aromatic rings. The number of aromatic nitrogens is 3. The first kappa shape index (κ1) is 31.2. The maximum absolute atomic E-state index is 15.1. The fourth-order valence-corrected chi connectivity index (χ4v) is 3.30. The average molecular weight is 563 g/mol. The van der Waals surface area contributed by atoms with Crippen molar-refractivity contribution in [1.29, 1.82) is 0 Å². The summed E-state index contributed by atoms with van der Waals surface area (Å²) in [7, 11) is 0. The highest BCUT2D eigenvalue weighted by molar-refractivity contribution is 5.97. The minimum Gasteiger partial charge on any atom is -0.382 e. The number of fused-ring (bicyclic) bond motifs is 1. The van der Waals surface area contributed by atoms with E-state index in [9.17, 15) is 47.2 Å². The van der Waals surface area contributed by atoms with E-state index >= 15 is 4.39 Å². The molecule has 0 radical (unpaired) electrons. The zero-order valence-electron chi connectivity index (χ0n) is 20.3. The number of amides is 1. The predicted molar refractivity (Wildman–Crippen MR) is 126 cm³/mol. The fraction of sp³-hybridized carbons (Fsp3) is 0.261. The van der Waals surface area contributed by atoms with Gasteiger partial charge in [0.05, 0.1) is 11.9 Å². The molecule has 212 valence electrons. The van der Waals surface area contributed by atoms with Crippen molar-refractivity contribution in [3.05, 3.63) is 65.3 Å². The third-order valence-electron chi connectivity index (χ3n) is 5.10. The molecule has 7 N–H and O–H groups in total. The van der Waals surface area contributed by atoms with Crippen LogP contribution in [0.5, 0.6) is 0 Å². The van der Waals surface area contributed by atoms with Gasteiger partial charge in [-0.05, 0) is 37.1 Å². The van der Waals surface area contributed by atoms with Gasteiger partial charge in [0.15, 0.2) is 17.7 Å². The molecule has 39 heavy (non-hydrogen) atoms. The molecular weight excluding hydrogens is 540 g/mol. The number of carbonyl (C=O) groups is 1. The first-order chi connectivity index (χ1) is 18.2. The van der Waals surface area contributed by atoms with E-state index < -0.39 is 82.4 Å². The van der Waals surface area contributed by atoms with Crippen molar-refractivity contribution in [3.63, 3.8) is 0 Å². The Labute approximate surface area is 216 Å². The Kier molecular flexibility index (Phi) is 10.2. The van der Waals surface area contributed by atoms with Crippen LogP contribution in [0.2, 0.25) is 0 Å². The number of nitrogen functional groups attached to an aromatic ring is 1. The van der Waals surface area contributed by atoms with E-state index in [1.165, 1.54) is 19.9 Å². The molecular formula is C23H23F6N5O5. The monoisotopic (exact) mass is 563 g/mol. The third-order valence-corrected chi connectivity index (χ3v) is 5.10. The van der Waals surface area contributed by atoms with E-state index in [0.29, 0.717) is 10.6 Å². The van der Waals surface area contributed by atoms with E-state index in [1.54, 1.807) is 0 Å². The largest absolute Gasteiger partial charge is 0.382 e. The second-order valence-electron chi connectivity index (χ2n) is 7.58. The molecule has 1 unspecified atom stereocenters. The number of carbonyl (C=O) groups excluding carboxylic acids is 1. The molecule has 0 bridgehead atoms. The van der Waals surface area contributed by atoms with Gasteiger partial charge in [0.25, 0.3) is 5.91 Å². The molecule has 10 nitrogen and oxygen atoms in total. The maximum atomic E-state index is 15.1. The van der Waals surface area contributed by atoms with Crippen LogP contribution in [0.4, 0.5) is 37.8 Å². The highest BCUT2D eigenvalue weighted by atomic mass is 19.3. The number of nitrogens with one attached hydrogen (secondary N) is 1. The Balaban J connectivity index is 0.00000170. The molecule has 3 rings (SSSR count). The number of aliphatic hydroxyl groups excluding tert-OH is 1. The van der Waals surface area contributed by atoms with E-state index in [0.717, 1.165) is 18.2 Å². The number of allylic oxidation sites excluding steroid dienone is 2. The minimum atomic E-state index is -3.69. The molecule has 0 aliphatic carbocycles. The van der Waals surface area contributed by atoms with Gasteiger partial charge in [0.2, 0.25) is 18.7 Å². The van der Waals surface area contributed by atoms with Crippen LogP contribution in [-0.2, 0) is 10.8 Å². The summed E-state index contributed by atoms with van der Waals surface area (Å²) in [6.45, 7) is 1.20. The zero-order chi connectivity index (χ0) is 29.7. The van der Waals surface area contributed by atoms with Gasteiger partial charge in [-0.3, -0.25) is 9.20 Å². The summed E-state index contributed by atoms with van der Waals surface area (Å²) in [4.78, 5) is 19.5. The van der Waals surface area contributed by atoms with Crippen molar-refractivity contribution in [1.82, 2.24) is 14.4 Å². The van der Waals surface area contributed by atoms with Crippen molar-refractivity contribution >= 4 is 22.9 Å². The highest BCUT2D eigenvalue weighted by Gasteiger charge is 2.34. The number of halogens is 6. The Morgan fingerprint density at radius 1 is 1.21 bits per heavy atom. The number of rotatable bonds is 7. The summed E-state index contributed by atoms with van der Waals surface area (Å²) >= 11 is 0. The number of imidazole rings is 1. The van der Waals surface area contributed by atoms with Crippen LogP contribution in [0.1, 0.15) is 26.1 Å². The van der Waals surface area contributed by atoms with Gasteiger partial charge >= 0.3 is 5.97 Å². The van der Waals surface area contributed by atoms with Gasteiger partial charge in [0.1, 0.15) is 22.9 Å². The van der Waals surface area contributed by atoms with Gasteiger partial charge < -0.3 is 31.5 Å². The van der Waals surface area contributed by atoms with E-state index in [-0.39, 0.29) is 12.0 Å². The molecule has 1 atom stereocenters. The number of nitrogens with two attached hydrogens (primary N) is 1. The Hall–Kier alpha value is -3.99. The average Bonchev–Trinajstić information content (AvgIpc) is 3.30. The number of hydrogen-bond donors (Lipinski definition) is 6. The lowest BCUT2D eigenvalue weighted by molar-refractivity contribution is -0.329. The quantitative estimate of drug-likeness (QED) is 0.145. The maximum Gasteiger partial charge on any atom is 0.339 e. The van der Waals surface area contributed by atoms with Crippen LogP contribution in [0.25, 0.3) is 16.8 Å². The van der Waals surface area contributed by atoms with Crippen molar-refractivity contribution < 1.29 is 51.6 Å². The molecule has 0 saturated heterocycles. The summed E-state index contributed by atoms with van der Waals surface area (Å²) < 4.78 is 77.4. The number of hydrogen-bond acceptors (Lipinski definition) is 8. The first-order valence-electron chi connectivity index (χ1n) is 10.8.